The third kappa shape index (κ3) is 2.55. The molecule has 2 rings (SSSR count). The van der Waals surface area contributed by atoms with E-state index in [0.29, 0.717) is 17.7 Å². The number of alkyl halides is 1. The first-order valence-corrected chi connectivity index (χ1v) is 7.10. The van der Waals surface area contributed by atoms with Gasteiger partial charge in [0.2, 0.25) is 5.91 Å². The summed E-state index contributed by atoms with van der Waals surface area (Å²) in [5.41, 5.74) is 0. The molecule has 0 radical (unpaired) electrons. The van der Waals surface area contributed by atoms with Crippen LogP contribution in [0.3, 0.4) is 0 Å². The largest absolute Gasteiger partial charge is 0.352 e. The minimum Gasteiger partial charge on any atom is -0.352 e. The Morgan fingerprint density at radius 1 is 1.33 bits per heavy atom. The summed E-state index contributed by atoms with van der Waals surface area (Å²) in [5, 5.41) is 4.02. The molecule has 0 bridgehead atoms. The number of hydrogen-bond donors (Lipinski definition) is 1. The van der Waals surface area contributed by atoms with Gasteiger partial charge < -0.3 is 5.32 Å². The van der Waals surface area contributed by atoms with Crippen LogP contribution >= 0.6 is 15.9 Å². The number of carbonyl (C=O) groups is 1. The van der Waals surface area contributed by atoms with Gasteiger partial charge in [-0.3, -0.25) is 4.79 Å². The molecule has 0 aliphatic heterocycles. The SMILES string of the molecule is CC(C)C(CBr)NC(=O)C1CC2CC2C1. The highest BCUT2D eigenvalue weighted by molar-refractivity contribution is 9.09. The van der Waals surface area contributed by atoms with Crippen LogP contribution in [-0.2, 0) is 4.79 Å². The highest BCUT2D eigenvalue weighted by Gasteiger charge is 2.48. The Kier molecular flexibility index (Phi) is 3.39. The Morgan fingerprint density at radius 2 is 1.93 bits per heavy atom. The van der Waals surface area contributed by atoms with Gasteiger partial charge in [0.15, 0.2) is 0 Å². The summed E-state index contributed by atoms with van der Waals surface area (Å²) in [6, 6.07) is 0.287. The maximum Gasteiger partial charge on any atom is 0.223 e. The van der Waals surface area contributed by atoms with Gasteiger partial charge in [0.1, 0.15) is 0 Å². The second kappa shape index (κ2) is 4.44. The molecule has 86 valence electrons. The van der Waals surface area contributed by atoms with Crippen molar-refractivity contribution in [2.24, 2.45) is 23.7 Å². The average Bonchev–Trinajstić information content (AvgIpc) is 2.81. The topological polar surface area (TPSA) is 29.1 Å². The van der Waals surface area contributed by atoms with Crippen molar-refractivity contribution in [2.75, 3.05) is 5.33 Å². The molecule has 2 saturated carbocycles. The Labute approximate surface area is 100 Å². The molecule has 1 amide bonds. The molecule has 3 atom stereocenters. The van der Waals surface area contributed by atoms with Crippen LogP contribution in [0.25, 0.3) is 0 Å². The van der Waals surface area contributed by atoms with Crippen molar-refractivity contribution in [3.05, 3.63) is 0 Å². The molecule has 0 saturated heterocycles. The van der Waals surface area contributed by atoms with E-state index in [1.54, 1.807) is 0 Å². The summed E-state index contributed by atoms with van der Waals surface area (Å²) in [5.74, 6) is 2.89. The summed E-state index contributed by atoms with van der Waals surface area (Å²) >= 11 is 3.46. The van der Waals surface area contributed by atoms with Crippen LogP contribution in [0.4, 0.5) is 0 Å². The predicted molar refractivity (Wildman–Crippen MR) is 64.9 cm³/mol. The van der Waals surface area contributed by atoms with Crippen molar-refractivity contribution in [2.45, 2.75) is 39.2 Å². The summed E-state index contributed by atoms with van der Waals surface area (Å²) in [6.07, 6.45) is 3.67. The summed E-state index contributed by atoms with van der Waals surface area (Å²) in [7, 11) is 0. The Balaban J connectivity index is 1.80. The second-order valence-electron chi connectivity index (χ2n) is 5.44. The van der Waals surface area contributed by atoms with E-state index in [1.165, 1.54) is 6.42 Å². The van der Waals surface area contributed by atoms with E-state index >= 15 is 0 Å². The first-order chi connectivity index (χ1) is 7.11. The molecular weight excluding hydrogens is 254 g/mol. The van der Waals surface area contributed by atoms with Crippen LogP contribution in [-0.4, -0.2) is 17.3 Å². The number of nitrogens with one attached hydrogen (secondary N) is 1. The zero-order chi connectivity index (χ0) is 11.0. The van der Waals surface area contributed by atoms with Gasteiger partial charge in [-0.1, -0.05) is 29.8 Å². The normalized spacial score (nSPS) is 35.1. The quantitative estimate of drug-likeness (QED) is 0.784. The molecule has 1 N–H and O–H groups in total. The first-order valence-electron chi connectivity index (χ1n) is 5.98. The van der Waals surface area contributed by atoms with Gasteiger partial charge in [-0.2, -0.15) is 0 Å². The third-order valence-corrected chi connectivity index (χ3v) is 4.61. The molecule has 3 unspecified atom stereocenters. The number of carbonyl (C=O) groups excluding carboxylic acids is 1. The smallest absolute Gasteiger partial charge is 0.223 e. The molecule has 2 nitrogen and oxygen atoms in total. The van der Waals surface area contributed by atoms with Crippen LogP contribution in [0, 0.1) is 23.7 Å². The predicted octanol–water partition coefficient (Wildman–Crippen LogP) is 2.57. The Bertz CT molecular complexity index is 244. The summed E-state index contributed by atoms with van der Waals surface area (Å²) in [6.45, 7) is 4.30. The molecule has 0 aromatic rings. The van der Waals surface area contributed by atoms with Crippen molar-refractivity contribution in [3.8, 4) is 0 Å². The van der Waals surface area contributed by atoms with Gasteiger partial charge in [0, 0.05) is 17.3 Å². The maximum atomic E-state index is 12.0. The van der Waals surface area contributed by atoms with Crippen LogP contribution in [0.5, 0.6) is 0 Å². The zero-order valence-electron chi connectivity index (χ0n) is 9.50. The minimum atomic E-state index is 0.287. The van der Waals surface area contributed by atoms with Gasteiger partial charge in [-0.25, -0.2) is 0 Å². The lowest BCUT2D eigenvalue weighted by atomic mass is 10.0. The molecule has 0 spiro atoms. The summed E-state index contributed by atoms with van der Waals surface area (Å²) < 4.78 is 0. The maximum absolute atomic E-state index is 12.0. The molecule has 0 heterocycles. The third-order valence-electron chi connectivity index (χ3n) is 3.91. The number of hydrogen-bond acceptors (Lipinski definition) is 1. The van der Waals surface area contributed by atoms with E-state index in [9.17, 15) is 4.79 Å². The van der Waals surface area contributed by atoms with Gasteiger partial charge in [-0.15, -0.1) is 0 Å². The Morgan fingerprint density at radius 3 is 2.40 bits per heavy atom. The average molecular weight is 274 g/mol. The first kappa shape index (κ1) is 11.4. The zero-order valence-corrected chi connectivity index (χ0v) is 11.1. The standard InChI is InChI=1S/C12H20BrNO/c1-7(2)11(6-13)14-12(15)10-4-8-3-9(8)5-10/h7-11H,3-6H2,1-2H3,(H,14,15). The minimum absolute atomic E-state index is 0.287. The van der Waals surface area contributed by atoms with E-state index in [0.717, 1.165) is 30.0 Å². The van der Waals surface area contributed by atoms with Crippen LogP contribution in [0.2, 0.25) is 0 Å². The molecule has 2 aliphatic carbocycles. The van der Waals surface area contributed by atoms with E-state index in [1.807, 2.05) is 0 Å². The number of halogens is 1. The van der Waals surface area contributed by atoms with Crippen LogP contribution < -0.4 is 5.32 Å². The van der Waals surface area contributed by atoms with Crippen molar-refractivity contribution >= 4 is 21.8 Å². The van der Waals surface area contributed by atoms with E-state index in [2.05, 4.69) is 35.1 Å². The Hall–Kier alpha value is -0.0500. The molecular formula is C12H20BrNO. The fourth-order valence-electron chi connectivity index (χ4n) is 2.61. The number of rotatable bonds is 4. The van der Waals surface area contributed by atoms with Crippen LogP contribution in [0.1, 0.15) is 33.1 Å². The highest BCUT2D eigenvalue weighted by Crippen LogP contribution is 2.54. The van der Waals surface area contributed by atoms with Gasteiger partial charge >= 0.3 is 0 Å². The molecule has 3 heteroatoms. The van der Waals surface area contributed by atoms with Crippen LogP contribution in [0.15, 0.2) is 0 Å². The van der Waals surface area contributed by atoms with E-state index in [4.69, 9.17) is 0 Å². The number of amides is 1. The lowest BCUT2D eigenvalue weighted by Crippen LogP contribution is -2.42. The van der Waals surface area contributed by atoms with Crippen molar-refractivity contribution in [1.29, 1.82) is 0 Å². The molecule has 2 aliphatic rings. The van der Waals surface area contributed by atoms with Gasteiger partial charge in [0.25, 0.3) is 0 Å². The highest BCUT2D eigenvalue weighted by atomic mass is 79.9. The fraction of sp³-hybridized carbons (Fsp3) is 0.917. The van der Waals surface area contributed by atoms with E-state index < -0.39 is 0 Å². The van der Waals surface area contributed by atoms with Gasteiger partial charge in [-0.05, 0) is 37.0 Å². The summed E-state index contributed by atoms with van der Waals surface area (Å²) in [4.78, 5) is 12.0. The monoisotopic (exact) mass is 273 g/mol. The van der Waals surface area contributed by atoms with Crippen molar-refractivity contribution in [3.63, 3.8) is 0 Å². The number of fused-ring (bicyclic) bond motifs is 1. The van der Waals surface area contributed by atoms with Crippen molar-refractivity contribution in [1.82, 2.24) is 5.32 Å². The fourth-order valence-corrected chi connectivity index (χ4v) is 3.52. The molecule has 2 fully saturated rings. The van der Waals surface area contributed by atoms with E-state index in [-0.39, 0.29) is 6.04 Å². The molecule has 0 aromatic carbocycles. The second-order valence-corrected chi connectivity index (χ2v) is 6.09. The lowest BCUT2D eigenvalue weighted by molar-refractivity contribution is -0.126. The molecule has 0 aromatic heterocycles. The van der Waals surface area contributed by atoms with Gasteiger partial charge in [0.05, 0.1) is 0 Å². The molecule has 15 heavy (non-hydrogen) atoms. The lowest BCUT2D eigenvalue weighted by Gasteiger charge is -2.22. The van der Waals surface area contributed by atoms with Crippen molar-refractivity contribution < 1.29 is 4.79 Å².